The standard InChI is InChI=1S/C13H12N2O2/c1-17-13(16)7-4-10-2-5-11(6-3-10)12-8-14-9-15-12/h2-9H,1H3,(H,14,15). The molecule has 0 unspecified atom stereocenters. The van der Waals surface area contributed by atoms with Gasteiger partial charge in [0, 0.05) is 6.08 Å². The van der Waals surface area contributed by atoms with Gasteiger partial charge in [0.05, 0.1) is 25.3 Å². The summed E-state index contributed by atoms with van der Waals surface area (Å²) in [4.78, 5) is 17.9. The first-order valence-corrected chi connectivity index (χ1v) is 5.14. The number of nitrogens with zero attached hydrogens (tertiary/aromatic N) is 1. The van der Waals surface area contributed by atoms with Crippen molar-refractivity contribution in [2.75, 3.05) is 7.11 Å². The molecule has 1 N–H and O–H groups in total. The van der Waals surface area contributed by atoms with Crippen LogP contribution in [0.5, 0.6) is 0 Å². The summed E-state index contributed by atoms with van der Waals surface area (Å²) in [5, 5.41) is 0. The van der Waals surface area contributed by atoms with E-state index in [-0.39, 0.29) is 5.97 Å². The van der Waals surface area contributed by atoms with E-state index in [0.29, 0.717) is 0 Å². The van der Waals surface area contributed by atoms with E-state index in [2.05, 4.69) is 14.7 Å². The number of aromatic amines is 1. The quantitative estimate of drug-likeness (QED) is 0.647. The zero-order chi connectivity index (χ0) is 12.1. The van der Waals surface area contributed by atoms with E-state index in [1.54, 1.807) is 18.6 Å². The first kappa shape index (κ1) is 11.1. The smallest absolute Gasteiger partial charge is 0.330 e. The number of carbonyl (C=O) groups excluding carboxylic acids is 1. The van der Waals surface area contributed by atoms with Gasteiger partial charge in [-0.1, -0.05) is 24.3 Å². The van der Waals surface area contributed by atoms with Crippen molar-refractivity contribution in [1.29, 1.82) is 0 Å². The number of imidazole rings is 1. The SMILES string of the molecule is COC(=O)C=Cc1ccc(-c2cnc[nH]2)cc1. The van der Waals surface area contributed by atoms with E-state index in [4.69, 9.17) is 0 Å². The van der Waals surface area contributed by atoms with Crippen molar-refractivity contribution in [3.8, 4) is 11.3 Å². The molecule has 1 aromatic heterocycles. The van der Waals surface area contributed by atoms with Crippen LogP contribution in [0.1, 0.15) is 5.56 Å². The fourth-order valence-corrected chi connectivity index (χ4v) is 1.42. The molecule has 1 aromatic carbocycles. The van der Waals surface area contributed by atoms with Crippen LogP contribution >= 0.6 is 0 Å². The monoisotopic (exact) mass is 228 g/mol. The molecule has 0 fully saturated rings. The maximum atomic E-state index is 10.9. The Morgan fingerprint density at radius 2 is 2.12 bits per heavy atom. The molecule has 4 heteroatoms. The van der Waals surface area contributed by atoms with Crippen LogP contribution in [0.2, 0.25) is 0 Å². The Bertz CT molecular complexity index is 513. The van der Waals surface area contributed by atoms with Gasteiger partial charge < -0.3 is 9.72 Å². The summed E-state index contributed by atoms with van der Waals surface area (Å²) < 4.78 is 4.52. The highest BCUT2D eigenvalue weighted by Gasteiger charge is 1.98. The Hall–Kier alpha value is -2.36. The van der Waals surface area contributed by atoms with Crippen molar-refractivity contribution >= 4 is 12.0 Å². The third-order valence-electron chi connectivity index (χ3n) is 2.33. The van der Waals surface area contributed by atoms with Gasteiger partial charge in [-0.2, -0.15) is 0 Å². The van der Waals surface area contributed by atoms with Gasteiger partial charge in [0.1, 0.15) is 0 Å². The molecule has 0 bridgehead atoms. The van der Waals surface area contributed by atoms with Crippen LogP contribution in [0.25, 0.3) is 17.3 Å². The molecule has 0 saturated heterocycles. The zero-order valence-electron chi connectivity index (χ0n) is 9.38. The number of aromatic nitrogens is 2. The molecular weight excluding hydrogens is 216 g/mol. The molecule has 0 amide bonds. The van der Waals surface area contributed by atoms with E-state index in [0.717, 1.165) is 16.8 Å². The summed E-state index contributed by atoms with van der Waals surface area (Å²) in [5.41, 5.74) is 2.96. The van der Waals surface area contributed by atoms with Gasteiger partial charge in [-0.25, -0.2) is 9.78 Å². The molecular formula is C13H12N2O2. The molecule has 0 atom stereocenters. The number of hydrogen-bond donors (Lipinski definition) is 1. The zero-order valence-corrected chi connectivity index (χ0v) is 9.38. The number of methoxy groups -OCH3 is 1. The molecule has 17 heavy (non-hydrogen) atoms. The van der Waals surface area contributed by atoms with E-state index >= 15 is 0 Å². The van der Waals surface area contributed by atoms with E-state index in [1.807, 2.05) is 24.3 Å². The largest absolute Gasteiger partial charge is 0.466 e. The fourth-order valence-electron chi connectivity index (χ4n) is 1.42. The van der Waals surface area contributed by atoms with Crippen molar-refractivity contribution in [2.24, 2.45) is 0 Å². The molecule has 4 nitrogen and oxygen atoms in total. The summed E-state index contributed by atoms with van der Waals surface area (Å²) in [7, 11) is 1.36. The number of nitrogens with one attached hydrogen (secondary N) is 1. The van der Waals surface area contributed by atoms with Crippen LogP contribution in [-0.4, -0.2) is 23.0 Å². The number of hydrogen-bond acceptors (Lipinski definition) is 3. The maximum absolute atomic E-state index is 10.9. The van der Waals surface area contributed by atoms with Gasteiger partial charge in [0.25, 0.3) is 0 Å². The van der Waals surface area contributed by atoms with Crippen LogP contribution in [0.4, 0.5) is 0 Å². The Morgan fingerprint density at radius 3 is 2.71 bits per heavy atom. The summed E-state index contributed by atoms with van der Waals surface area (Å²) in [5.74, 6) is -0.359. The molecule has 0 spiro atoms. The molecule has 1 heterocycles. The van der Waals surface area contributed by atoms with Crippen LogP contribution in [0.3, 0.4) is 0 Å². The Kier molecular flexibility index (Phi) is 3.35. The predicted molar refractivity (Wildman–Crippen MR) is 65.1 cm³/mol. The molecule has 2 rings (SSSR count). The second kappa shape index (κ2) is 5.12. The van der Waals surface area contributed by atoms with E-state index < -0.39 is 0 Å². The number of benzene rings is 1. The topological polar surface area (TPSA) is 55.0 Å². The first-order valence-electron chi connectivity index (χ1n) is 5.14. The van der Waals surface area contributed by atoms with E-state index in [1.165, 1.54) is 13.2 Å². The van der Waals surface area contributed by atoms with Crippen LogP contribution in [-0.2, 0) is 9.53 Å². The van der Waals surface area contributed by atoms with Gasteiger partial charge in [0.2, 0.25) is 0 Å². The average Bonchev–Trinajstić information content (AvgIpc) is 2.90. The van der Waals surface area contributed by atoms with Crippen LogP contribution in [0, 0.1) is 0 Å². The van der Waals surface area contributed by atoms with Gasteiger partial charge in [0.15, 0.2) is 0 Å². The molecule has 0 saturated carbocycles. The Morgan fingerprint density at radius 1 is 1.35 bits per heavy atom. The summed E-state index contributed by atoms with van der Waals surface area (Å²) in [6.45, 7) is 0. The average molecular weight is 228 g/mol. The lowest BCUT2D eigenvalue weighted by Gasteiger charge is -1.98. The van der Waals surface area contributed by atoms with Gasteiger partial charge in [-0.3, -0.25) is 0 Å². The first-order chi connectivity index (χ1) is 8.29. The number of carbonyl (C=O) groups is 1. The number of H-pyrrole nitrogens is 1. The maximum Gasteiger partial charge on any atom is 0.330 e. The molecule has 0 aliphatic rings. The second-order valence-corrected chi connectivity index (χ2v) is 3.44. The molecule has 0 aliphatic carbocycles. The normalized spacial score (nSPS) is 10.6. The van der Waals surface area contributed by atoms with E-state index in [9.17, 15) is 4.79 Å². The predicted octanol–water partition coefficient (Wildman–Crippen LogP) is 2.26. The summed E-state index contributed by atoms with van der Waals surface area (Å²) in [6.07, 6.45) is 6.51. The van der Waals surface area contributed by atoms with Gasteiger partial charge >= 0.3 is 5.97 Å². The van der Waals surface area contributed by atoms with Crippen molar-refractivity contribution in [1.82, 2.24) is 9.97 Å². The fraction of sp³-hybridized carbons (Fsp3) is 0.0769. The third-order valence-corrected chi connectivity index (χ3v) is 2.33. The molecule has 86 valence electrons. The third kappa shape index (κ3) is 2.81. The number of rotatable bonds is 3. The molecule has 0 aliphatic heterocycles. The van der Waals surface area contributed by atoms with Gasteiger partial charge in [-0.15, -0.1) is 0 Å². The van der Waals surface area contributed by atoms with Crippen molar-refractivity contribution in [3.63, 3.8) is 0 Å². The lowest BCUT2D eigenvalue weighted by molar-refractivity contribution is -0.134. The minimum atomic E-state index is -0.359. The van der Waals surface area contributed by atoms with Crippen molar-refractivity contribution in [3.05, 3.63) is 48.4 Å². The lowest BCUT2D eigenvalue weighted by Crippen LogP contribution is -1.93. The number of esters is 1. The number of ether oxygens (including phenoxy) is 1. The van der Waals surface area contributed by atoms with Crippen LogP contribution in [0.15, 0.2) is 42.9 Å². The molecule has 0 radical (unpaired) electrons. The lowest BCUT2D eigenvalue weighted by atomic mass is 10.1. The highest BCUT2D eigenvalue weighted by atomic mass is 16.5. The summed E-state index contributed by atoms with van der Waals surface area (Å²) >= 11 is 0. The highest BCUT2D eigenvalue weighted by molar-refractivity contribution is 5.87. The molecule has 2 aromatic rings. The second-order valence-electron chi connectivity index (χ2n) is 3.44. The van der Waals surface area contributed by atoms with Crippen molar-refractivity contribution in [2.45, 2.75) is 0 Å². The van der Waals surface area contributed by atoms with Crippen LogP contribution < -0.4 is 0 Å². The highest BCUT2D eigenvalue weighted by Crippen LogP contribution is 2.16. The minimum Gasteiger partial charge on any atom is -0.466 e. The minimum absolute atomic E-state index is 0.359. The summed E-state index contributed by atoms with van der Waals surface area (Å²) in [6, 6.07) is 7.78. The van der Waals surface area contributed by atoms with Crippen molar-refractivity contribution < 1.29 is 9.53 Å². The Labute approximate surface area is 99.0 Å². The van der Waals surface area contributed by atoms with Gasteiger partial charge in [-0.05, 0) is 17.2 Å². The Balaban J connectivity index is 2.14.